The molecule has 4 N–H and O–H groups in total. The molecular formula is C30H44N4O3. The number of likely N-dealkylation sites (tertiary alicyclic amines) is 1. The number of nitrogens with two attached hydrogens (primary N) is 1. The van der Waals surface area contributed by atoms with Crippen molar-refractivity contribution < 1.29 is 14.7 Å². The Balaban J connectivity index is 1.60. The molecule has 1 aromatic rings. The van der Waals surface area contributed by atoms with Gasteiger partial charge in [0.2, 0.25) is 0 Å². The number of carbonyl (C=O) groups is 2. The summed E-state index contributed by atoms with van der Waals surface area (Å²) < 4.78 is 0. The van der Waals surface area contributed by atoms with Crippen LogP contribution in [0.1, 0.15) is 69.9 Å². The van der Waals surface area contributed by atoms with Crippen molar-refractivity contribution in [2.24, 2.45) is 23.0 Å². The molecule has 0 spiro atoms. The molecule has 5 rings (SSSR count). The van der Waals surface area contributed by atoms with E-state index in [1.165, 1.54) is 36.7 Å². The molecule has 0 radical (unpaired) electrons. The molecule has 1 heterocycles. The lowest BCUT2D eigenvalue weighted by molar-refractivity contribution is -0.136. The summed E-state index contributed by atoms with van der Waals surface area (Å²) in [6.07, 6.45) is 10.2. The molecule has 202 valence electrons. The fraction of sp³-hybridized carbons (Fsp3) is 0.667. The topological polar surface area (TPSA) is 98.9 Å². The molecule has 5 atom stereocenters. The molecular weight excluding hydrogens is 464 g/mol. The molecule has 4 fully saturated rings. The summed E-state index contributed by atoms with van der Waals surface area (Å²) in [5.74, 6) is 0.412. The number of nitrogens with zero attached hydrogens (tertiary/aromatic N) is 2. The molecule has 3 aliphatic carbocycles. The van der Waals surface area contributed by atoms with E-state index in [-0.39, 0.29) is 34.3 Å². The van der Waals surface area contributed by atoms with Crippen LogP contribution in [-0.2, 0) is 21.4 Å². The first-order valence-corrected chi connectivity index (χ1v) is 14.2. The van der Waals surface area contributed by atoms with Crippen LogP contribution >= 0.6 is 0 Å². The van der Waals surface area contributed by atoms with E-state index in [1.807, 2.05) is 19.2 Å². The number of hydrogen-bond donors (Lipinski definition) is 3. The second-order valence-electron chi connectivity index (χ2n) is 12.1. The summed E-state index contributed by atoms with van der Waals surface area (Å²) >= 11 is 0. The van der Waals surface area contributed by atoms with Crippen molar-refractivity contribution in [1.29, 1.82) is 0 Å². The Labute approximate surface area is 221 Å². The smallest absolute Gasteiger partial charge is 0.260 e. The van der Waals surface area contributed by atoms with E-state index in [9.17, 15) is 14.7 Å². The lowest BCUT2D eigenvalue weighted by Gasteiger charge is -2.64. The predicted octanol–water partition coefficient (Wildman–Crippen LogP) is 3.30. The van der Waals surface area contributed by atoms with Crippen molar-refractivity contribution in [3.8, 4) is 5.75 Å². The number of primary amides is 1. The average molecular weight is 509 g/mol. The number of likely N-dealkylation sites (N-methyl/N-ethyl adjacent to an activating group) is 1. The Morgan fingerprint density at radius 3 is 2.59 bits per heavy atom. The summed E-state index contributed by atoms with van der Waals surface area (Å²) in [5.41, 5.74) is 8.18. The zero-order valence-corrected chi connectivity index (χ0v) is 22.9. The maximum Gasteiger partial charge on any atom is 0.260 e. The van der Waals surface area contributed by atoms with Crippen molar-refractivity contribution in [3.63, 3.8) is 0 Å². The van der Waals surface area contributed by atoms with Crippen LogP contribution in [0.15, 0.2) is 30.0 Å². The molecule has 2 amide bonds. The highest BCUT2D eigenvalue weighted by Gasteiger charge is 2.69. The fourth-order valence-electron chi connectivity index (χ4n) is 8.77. The number of rotatable bonds is 8. The lowest BCUT2D eigenvalue weighted by atomic mass is 9.46. The van der Waals surface area contributed by atoms with Gasteiger partial charge < -0.3 is 21.1 Å². The quantitative estimate of drug-likeness (QED) is 0.284. The van der Waals surface area contributed by atoms with Gasteiger partial charge in [-0.2, -0.15) is 0 Å². The summed E-state index contributed by atoms with van der Waals surface area (Å²) in [6, 6.07) is 6.42. The van der Waals surface area contributed by atoms with Crippen molar-refractivity contribution in [1.82, 2.24) is 15.1 Å². The van der Waals surface area contributed by atoms with Gasteiger partial charge in [0, 0.05) is 44.3 Å². The normalized spacial score (nSPS) is 33.6. The summed E-state index contributed by atoms with van der Waals surface area (Å²) in [6.45, 7) is 6.89. The molecule has 3 saturated carbocycles. The standard InChI is InChI=1S/C30H44N4O3/c1-5-21-8-9-22(35)16-25(21)30-14-15-34(18-20-6-7-20)19(2)29(30)12-10-24(30)26(11-13-29)33(4)28(37)23(17-32-3)27(31)36/h8-9,16-17,19-20,24,26,32,35H,5-7,10-15,18H2,1-4H3,(H2,31,36)/b23-17+. The lowest BCUT2D eigenvalue weighted by Crippen LogP contribution is -2.67. The monoisotopic (exact) mass is 508 g/mol. The van der Waals surface area contributed by atoms with Gasteiger partial charge in [0.15, 0.2) is 0 Å². The first-order valence-electron chi connectivity index (χ1n) is 14.2. The van der Waals surface area contributed by atoms with Crippen molar-refractivity contribution in [3.05, 3.63) is 41.1 Å². The molecule has 1 aliphatic heterocycles. The van der Waals surface area contributed by atoms with E-state index >= 15 is 0 Å². The van der Waals surface area contributed by atoms with Gasteiger partial charge in [-0.05, 0) is 105 Å². The van der Waals surface area contributed by atoms with E-state index < -0.39 is 5.91 Å². The summed E-state index contributed by atoms with van der Waals surface area (Å²) in [5, 5.41) is 13.5. The number of aromatic hydroxyl groups is 1. The van der Waals surface area contributed by atoms with Crippen LogP contribution in [0.25, 0.3) is 0 Å². The molecule has 1 saturated heterocycles. The number of nitrogens with one attached hydrogen (secondary N) is 1. The average Bonchev–Trinajstić information content (AvgIpc) is 3.67. The minimum Gasteiger partial charge on any atom is -0.508 e. The van der Waals surface area contributed by atoms with Crippen molar-refractivity contribution >= 4 is 11.8 Å². The zero-order valence-electron chi connectivity index (χ0n) is 22.9. The van der Waals surface area contributed by atoms with Gasteiger partial charge in [0.1, 0.15) is 11.3 Å². The molecule has 0 aromatic heterocycles. The molecule has 1 aromatic carbocycles. The molecule has 4 aliphatic rings. The van der Waals surface area contributed by atoms with Crippen molar-refractivity contribution in [2.75, 3.05) is 27.2 Å². The SMILES string of the molecule is CCc1ccc(O)cc1C12CCN(CC3CC3)C(C)C13CCC(N(C)C(=O)/C(=C/NC)C(N)=O)C2CC3. The molecule has 7 heteroatoms. The van der Waals surface area contributed by atoms with Gasteiger partial charge >= 0.3 is 0 Å². The number of piperidine rings is 1. The molecule has 7 nitrogen and oxygen atoms in total. The Morgan fingerprint density at radius 1 is 1.22 bits per heavy atom. The predicted molar refractivity (Wildman–Crippen MR) is 145 cm³/mol. The number of amides is 2. The maximum absolute atomic E-state index is 13.5. The minimum absolute atomic E-state index is 0.00638. The van der Waals surface area contributed by atoms with E-state index in [0.29, 0.717) is 11.8 Å². The molecule has 37 heavy (non-hydrogen) atoms. The summed E-state index contributed by atoms with van der Waals surface area (Å²) in [4.78, 5) is 30.2. The Hall–Kier alpha value is -2.54. The maximum atomic E-state index is 13.5. The van der Waals surface area contributed by atoms with Gasteiger partial charge in [-0.25, -0.2) is 0 Å². The highest BCUT2D eigenvalue weighted by Crippen LogP contribution is 2.70. The number of carbonyl (C=O) groups excluding carboxylic acids is 2. The fourth-order valence-corrected chi connectivity index (χ4v) is 8.77. The Morgan fingerprint density at radius 2 is 1.95 bits per heavy atom. The van der Waals surface area contributed by atoms with E-state index in [2.05, 4.69) is 30.1 Å². The van der Waals surface area contributed by atoms with Crippen LogP contribution in [0.4, 0.5) is 0 Å². The van der Waals surface area contributed by atoms with E-state index in [4.69, 9.17) is 5.73 Å². The van der Waals surface area contributed by atoms with Crippen LogP contribution in [0, 0.1) is 17.3 Å². The third-order valence-corrected chi connectivity index (χ3v) is 10.7. The second-order valence-corrected chi connectivity index (χ2v) is 12.1. The first kappa shape index (κ1) is 26.1. The third kappa shape index (κ3) is 3.96. The van der Waals surface area contributed by atoms with Crippen LogP contribution in [0.2, 0.25) is 0 Å². The van der Waals surface area contributed by atoms with Crippen molar-refractivity contribution in [2.45, 2.75) is 82.7 Å². The minimum atomic E-state index is -0.708. The highest BCUT2D eigenvalue weighted by atomic mass is 16.3. The Bertz CT molecular complexity index is 1100. The van der Waals surface area contributed by atoms with Crippen LogP contribution < -0.4 is 11.1 Å². The number of hydrogen-bond acceptors (Lipinski definition) is 5. The van der Waals surface area contributed by atoms with Gasteiger partial charge in [0.05, 0.1) is 0 Å². The largest absolute Gasteiger partial charge is 0.508 e. The third-order valence-electron chi connectivity index (χ3n) is 10.7. The van der Waals surface area contributed by atoms with E-state index in [1.54, 1.807) is 11.9 Å². The number of aryl methyl sites for hydroxylation is 1. The van der Waals surface area contributed by atoms with Gasteiger partial charge in [0.25, 0.3) is 11.8 Å². The van der Waals surface area contributed by atoms with Crippen LogP contribution in [0.3, 0.4) is 0 Å². The highest BCUT2D eigenvalue weighted by molar-refractivity contribution is 6.17. The number of phenolic OH excluding ortho intramolecular Hbond substituents is 1. The number of benzene rings is 1. The van der Waals surface area contributed by atoms with E-state index in [0.717, 1.165) is 51.0 Å². The van der Waals surface area contributed by atoms with Gasteiger partial charge in [-0.3, -0.25) is 14.5 Å². The molecule has 5 unspecified atom stereocenters. The summed E-state index contributed by atoms with van der Waals surface area (Å²) in [7, 11) is 3.51. The first-order chi connectivity index (χ1) is 17.7. The van der Waals surface area contributed by atoms with Crippen LogP contribution in [-0.4, -0.2) is 66.0 Å². The second kappa shape index (κ2) is 9.64. The Kier molecular flexibility index (Phi) is 6.80. The van der Waals surface area contributed by atoms with Gasteiger partial charge in [-0.15, -0.1) is 0 Å². The molecule has 2 bridgehead atoms. The zero-order chi connectivity index (χ0) is 26.5. The van der Waals surface area contributed by atoms with Crippen LogP contribution in [0.5, 0.6) is 5.75 Å². The number of phenols is 1. The van der Waals surface area contributed by atoms with Gasteiger partial charge in [-0.1, -0.05) is 13.0 Å².